The topological polar surface area (TPSA) is 29.9 Å². The Morgan fingerprint density at radius 1 is 1.29 bits per heavy atom. The van der Waals surface area contributed by atoms with E-state index in [0.717, 1.165) is 37.1 Å². The molecule has 21 heavy (non-hydrogen) atoms. The van der Waals surface area contributed by atoms with Gasteiger partial charge in [0.1, 0.15) is 0 Å². The van der Waals surface area contributed by atoms with E-state index in [9.17, 15) is 13.2 Å². The number of anilines is 2. The maximum absolute atomic E-state index is 12.8. The fourth-order valence-corrected chi connectivity index (χ4v) is 2.00. The maximum Gasteiger partial charge on any atom is 0.416 e. The van der Waals surface area contributed by atoms with Crippen LogP contribution in [0.5, 0.6) is 0 Å². The van der Waals surface area contributed by atoms with E-state index in [4.69, 9.17) is 0 Å². The average Bonchev–Trinajstić information content (AvgIpc) is 2.85. The summed E-state index contributed by atoms with van der Waals surface area (Å²) in [5, 5.41) is 2.99. The van der Waals surface area contributed by atoms with Gasteiger partial charge in [0, 0.05) is 24.6 Å². The molecule has 0 fully saturated rings. The van der Waals surface area contributed by atoms with Crippen molar-refractivity contribution in [3.8, 4) is 0 Å². The smallest absolute Gasteiger partial charge is 0.325 e. The molecule has 1 heterocycles. The molecule has 6 heteroatoms. The number of nitrogens with one attached hydrogen (secondary N) is 1. The minimum absolute atomic E-state index is 0.425. The number of aromatic nitrogens is 2. The Balaban J connectivity index is 2.25. The van der Waals surface area contributed by atoms with Gasteiger partial charge in [-0.15, -0.1) is 0 Å². The zero-order valence-corrected chi connectivity index (χ0v) is 12.0. The van der Waals surface area contributed by atoms with Crippen LogP contribution in [0.2, 0.25) is 0 Å². The number of benzene rings is 1. The van der Waals surface area contributed by atoms with Crippen molar-refractivity contribution in [2.75, 3.05) is 5.32 Å². The molecule has 0 amide bonds. The largest absolute Gasteiger partial charge is 0.416 e. The molecule has 0 aliphatic rings. The van der Waals surface area contributed by atoms with Crippen molar-refractivity contribution in [2.24, 2.45) is 0 Å². The van der Waals surface area contributed by atoms with Crippen molar-refractivity contribution in [1.82, 2.24) is 9.55 Å². The third kappa shape index (κ3) is 3.77. The van der Waals surface area contributed by atoms with E-state index in [1.165, 1.54) is 6.07 Å². The van der Waals surface area contributed by atoms with Crippen molar-refractivity contribution in [3.05, 3.63) is 41.7 Å². The van der Waals surface area contributed by atoms with Gasteiger partial charge in [-0.1, -0.05) is 19.4 Å². The fraction of sp³-hybridized carbons (Fsp3) is 0.400. The summed E-state index contributed by atoms with van der Waals surface area (Å²) >= 11 is 0. The number of rotatable bonds is 5. The Morgan fingerprint density at radius 3 is 2.71 bits per heavy atom. The van der Waals surface area contributed by atoms with Crippen LogP contribution in [0.15, 0.2) is 30.6 Å². The van der Waals surface area contributed by atoms with Crippen LogP contribution in [-0.2, 0) is 12.7 Å². The van der Waals surface area contributed by atoms with Gasteiger partial charge < -0.3 is 9.88 Å². The van der Waals surface area contributed by atoms with Gasteiger partial charge in [0.2, 0.25) is 5.95 Å². The molecule has 1 aromatic heterocycles. The summed E-state index contributed by atoms with van der Waals surface area (Å²) in [5.41, 5.74) is 0.504. The summed E-state index contributed by atoms with van der Waals surface area (Å²) in [7, 11) is 0. The van der Waals surface area contributed by atoms with E-state index < -0.39 is 11.7 Å². The van der Waals surface area contributed by atoms with Crippen LogP contribution in [0.1, 0.15) is 30.9 Å². The first kappa shape index (κ1) is 15.4. The van der Waals surface area contributed by atoms with Crippen LogP contribution in [0, 0.1) is 6.92 Å². The molecule has 1 aromatic carbocycles. The van der Waals surface area contributed by atoms with E-state index in [0.29, 0.717) is 11.6 Å². The van der Waals surface area contributed by atoms with Crippen LogP contribution in [0.3, 0.4) is 0 Å². The summed E-state index contributed by atoms with van der Waals surface area (Å²) in [5.74, 6) is 0.561. The van der Waals surface area contributed by atoms with E-state index >= 15 is 0 Å². The van der Waals surface area contributed by atoms with Gasteiger partial charge in [0.15, 0.2) is 0 Å². The lowest BCUT2D eigenvalue weighted by molar-refractivity contribution is -0.137. The van der Waals surface area contributed by atoms with Gasteiger partial charge in [-0.25, -0.2) is 4.98 Å². The second kappa shape index (κ2) is 6.20. The first-order valence-electron chi connectivity index (χ1n) is 6.88. The summed E-state index contributed by atoms with van der Waals surface area (Å²) in [6.07, 6.45) is 1.15. The van der Waals surface area contributed by atoms with Gasteiger partial charge >= 0.3 is 6.18 Å². The standard InChI is InChI=1S/C15H18F3N3/c1-3-4-8-21-9-7-19-14(21)20-13-10-12(15(16,17)18)6-5-11(13)2/h5-7,9-10H,3-4,8H2,1-2H3,(H,19,20). The molecule has 0 atom stereocenters. The first-order chi connectivity index (χ1) is 9.91. The second-order valence-electron chi connectivity index (χ2n) is 4.95. The van der Waals surface area contributed by atoms with Gasteiger partial charge in [0.25, 0.3) is 0 Å². The van der Waals surface area contributed by atoms with Gasteiger partial charge in [-0.05, 0) is 31.0 Å². The number of unbranched alkanes of at least 4 members (excludes halogenated alkanes) is 1. The number of imidazole rings is 1. The number of alkyl halides is 3. The molecule has 0 spiro atoms. The number of hydrogen-bond acceptors (Lipinski definition) is 2. The zero-order valence-electron chi connectivity index (χ0n) is 12.0. The number of nitrogens with zero attached hydrogens (tertiary/aromatic N) is 2. The zero-order chi connectivity index (χ0) is 15.5. The van der Waals surface area contributed by atoms with E-state index in [1.807, 2.05) is 10.8 Å². The minimum Gasteiger partial charge on any atom is -0.325 e. The van der Waals surface area contributed by atoms with Crippen LogP contribution < -0.4 is 5.32 Å². The van der Waals surface area contributed by atoms with Crippen LogP contribution in [-0.4, -0.2) is 9.55 Å². The SMILES string of the molecule is CCCCn1ccnc1Nc1cc(C(F)(F)F)ccc1C. The molecule has 114 valence electrons. The normalized spacial score (nSPS) is 11.7. The van der Waals surface area contributed by atoms with Crippen molar-refractivity contribution < 1.29 is 13.2 Å². The van der Waals surface area contributed by atoms with Gasteiger partial charge in [-0.3, -0.25) is 0 Å². The fourth-order valence-electron chi connectivity index (χ4n) is 2.00. The highest BCUT2D eigenvalue weighted by molar-refractivity contribution is 5.60. The second-order valence-corrected chi connectivity index (χ2v) is 4.95. The molecule has 1 N–H and O–H groups in total. The Hall–Kier alpha value is -1.98. The average molecular weight is 297 g/mol. The molecule has 0 aliphatic heterocycles. The van der Waals surface area contributed by atoms with Crippen LogP contribution in [0.4, 0.5) is 24.8 Å². The lowest BCUT2D eigenvalue weighted by Gasteiger charge is -2.14. The third-order valence-electron chi connectivity index (χ3n) is 3.28. The molecule has 0 radical (unpaired) electrons. The Labute approximate surface area is 121 Å². The van der Waals surface area contributed by atoms with E-state index in [2.05, 4.69) is 17.2 Å². The minimum atomic E-state index is -4.35. The summed E-state index contributed by atoms with van der Waals surface area (Å²) in [4.78, 5) is 4.17. The predicted molar refractivity (Wildman–Crippen MR) is 76.6 cm³/mol. The quantitative estimate of drug-likeness (QED) is 0.862. The summed E-state index contributed by atoms with van der Waals surface area (Å²) < 4.78 is 40.2. The molecule has 0 unspecified atom stereocenters. The van der Waals surface area contributed by atoms with E-state index in [-0.39, 0.29) is 0 Å². The number of hydrogen-bond donors (Lipinski definition) is 1. The van der Waals surface area contributed by atoms with Gasteiger partial charge in [0.05, 0.1) is 5.56 Å². The van der Waals surface area contributed by atoms with Crippen molar-refractivity contribution >= 4 is 11.6 Å². The highest BCUT2D eigenvalue weighted by atomic mass is 19.4. The summed E-state index contributed by atoms with van der Waals surface area (Å²) in [6, 6.07) is 3.67. The highest BCUT2D eigenvalue weighted by Crippen LogP contribution is 2.32. The molecular weight excluding hydrogens is 279 g/mol. The molecule has 2 rings (SSSR count). The molecular formula is C15H18F3N3. The summed E-state index contributed by atoms with van der Waals surface area (Å²) in [6.45, 7) is 4.64. The third-order valence-corrected chi connectivity index (χ3v) is 3.28. The van der Waals surface area contributed by atoms with Crippen molar-refractivity contribution in [2.45, 2.75) is 39.4 Å². The van der Waals surface area contributed by atoms with Crippen LogP contribution >= 0.6 is 0 Å². The van der Waals surface area contributed by atoms with Crippen molar-refractivity contribution in [3.63, 3.8) is 0 Å². The molecule has 0 saturated carbocycles. The highest BCUT2D eigenvalue weighted by Gasteiger charge is 2.30. The Morgan fingerprint density at radius 2 is 2.05 bits per heavy atom. The van der Waals surface area contributed by atoms with E-state index in [1.54, 1.807) is 13.1 Å². The number of halogens is 3. The van der Waals surface area contributed by atoms with Crippen LogP contribution in [0.25, 0.3) is 0 Å². The maximum atomic E-state index is 12.8. The molecule has 0 bridgehead atoms. The number of aryl methyl sites for hydroxylation is 2. The Bertz CT molecular complexity index is 602. The lowest BCUT2D eigenvalue weighted by Crippen LogP contribution is -2.08. The van der Waals surface area contributed by atoms with Crippen molar-refractivity contribution in [1.29, 1.82) is 0 Å². The molecule has 2 aromatic rings. The lowest BCUT2D eigenvalue weighted by atomic mass is 10.1. The molecule has 0 saturated heterocycles. The molecule has 0 aliphatic carbocycles. The predicted octanol–water partition coefficient (Wildman–Crippen LogP) is 4.75. The molecule has 3 nitrogen and oxygen atoms in total. The van der Waals surface area contributed by atoms with Gasteiger partial charge in [-0.2, -0.15) is 13.2 Å². The Kier molecular flexibility index (Phi) is 4.55. The monoisotopic (exact) mass is 297 g/mol. The first-order valence-corrected chi connectivity index (χ1v) is 6.88.